The zero-order valence-electron chi connectivity index (χ0n) is 12.4. The third-order valence-corrected chi connectivity index (χ3v) is 3.21. The second-order valence-corrected chi connectivity index (χ2v) is 4.63. The number of methoxy groups -OCH3 is 1. The maximum Gasteiger partial charge on any atom is 0.158 e. The highest BCUT2D eigenvalue weighted by Crippen LogP contribution is 2.25. The van der Waals surface area contributed by atoms with E-state index in [9.17, 15) is 0 Å². The van der Waals surface area contributed by atoms with Gasteiger partial charge in [0.15, 0.2) is 6.29 Å². The van der Waals surface area contributed by atoms with Crippen LogP contribution in [0.3, 0.4) is 0 Å². The molecule has 0 aliphatic rings. The van der Waals surface area contributed by atoms with Gasteiger partial charge >= 0.3 is 0 Å². The molecule has 1 aromatic rings. The minimum absolute atomic E-state index is 0.148. The summed E-state index contributed by atoms with van der Waals surface area (Å²) in [7, 11) is 1.65. The van der Waals surface area contributed by atoms with Gasteiger partial charge in [-0.05, 0) is 26.0 Å². The lowest BCUT2D eigenvalue weighted by Gasteiger charge is -2.17. The van der Waals surface area contributed by atoms with Crippen molar-refractivity contribution in [3.63, 3.8) is 0 Å². The maximum absolute atomic E-state index is 6.18. The van der Waals surface area contributed by atoms with E-state index in [0.29, 0.717) is 24.8 Å². The van der Waals surface area contributed by atoms with Crippen LogP contribution in [0.15, 0.2) is 18.2 Å². The van der Waals surface area contributed by atoms with E-state index in [1.54, 1.807) is 7.11 Å². The lowest BCUT2D eigenvalue weighted by molar-refractivity contribution is -0.138. The molecule has 1 aromatic carbocycles. The predicted octanol–water partition coefficient (Wildman–Crippen LogP) is 3.23. The highest BCUT2D eigenvalue weighted by atomic mass is 35.5. The molecule has 1 N–H and O–H groups in total. The summed E-state index contributed by atoms with van der Waals surface area (Å²) in [6.45, 7) is 6.70. The Bertz CT molecular complexity index is 381. The van der Waals surface area contributed by atoms with E-state index >= 15 is 0 Å². The smallest absolute Gasteiger partial charge is 0.158 e. The zero-order chi connectivity index (χ0) is 14.8. The van der Waals surface area contributed by atoms with Gasteiger partial charge in [-0.25, -0.2) is 0 Å². The fourth-order valence-corrected chi connectivity index (χ4v) is 2.15. The van der Waals surface area contributed by atoms with E-state index in [4.69, 9.17) is 25.8 Å². The van der Waals surface area contributed by atoms with Crippen LogP contribution in [0.2, 0.25) is 5.02 Å². The summed E-state index contributed by atoms with van der Waals surface area (Å²) in [6.07, 6.45) is 0.652. The number of rotatable bonds is 10. The van der Waals surface area contributed by atoms with Crippen LogP contribution in [-0.2, 0) is 16.0 Å². The van der Waals surface area contributed by atoms with Crippen LogP contribution in [0.25, 0.3) is 0 Å². The van der Waals surface area contributed by atoms with Crippen LogP contribution in [0.1, 0.15) is 25.8 Å². The Morgan fingerprint density at radius 2 is 1.90 bits per heavy atom. The molecule has 0 saturated carbocycles. The van der Waals surface area contributed by atoms with Crippen molar-refractivity contribution < 1.29 is 14.2 Å². The van der Waals surface area contributed by atoms with E-state index in [1.807, 2.05) is 32.0 Å². The van der Waals surface area contributed by atoms with E-state index in [0.717, 1.165) is 24.3 Å². The van der Waals surface area contributed by atoms with Gasteiger partial charge in [0.1, 0.15) is 5.75 Å². The summed E-state index contributed by atoms with van der Waals surface area (Å²) in [5, 5.41) is 4.05. The number of nitrogens with one attached hydrogen (secondary N) is 1. The first-order chi connectivity index (χ1) is 9.72. The van der Waals surface area contributed by atoms with Gasteiger partial charge in [-0.2, -0.15) is 0 Å². The molecule has 0 atom stereocenters. The molecule has 1 rings (SSSR count). The molecular formula is C15H24ClNO3. The van der Waals surface area contributed by atoms with E-state index in [1.165, 1.54) is 0 Å². The second-order valence-electron chi connectivity index (χ2n) is 4.23. The monoisotopic (exact) mass is 301 g/mol. The molecule has 4 nitrogen and oxygen atoms in total. The number of ether oxygens (including phenoxy) is 3. The van der Waals surface area contributed by atoms with Crippen molar-refractivity contribution >= 4 is 11.6 Å². The molecule has 0 aromatic heterocycles. The second kappa shape index (κ2) is 10.00. The standard InChI is InChI=1S/C15H24ClNO3/c1-4-19-15(20-5-2)9-10-17-11-12-13(16)7-6-8-14(12)18-3/h6-8,15,17H,4-5,9-11H2,1-3H3. The zero-order valence-corrected chi connectivity index (χ0v) is 13.2. The van der Waals surface area contributed by atoms with E-state index in [2.05, 4.69) is 5.32 Å². The van der Waals surface area contributed by atoms with Gasteiger partial charge < -0.3 is 19.5 Å². The molecule has 0 unspecified atom stereocenters. The molecule has 0 fully saturated rings. The molecule has 0 radical (unpaired) electrons. The Kier molecular flexibility index (Phi) is 8.62. The van der Waals surface area contributed by atoms with Crippen LogP contribution >= 0.6 is 11.6 Å². The van der Waals surface area contributed by atoms with Gasteiger partial charge in [-0.3, -0.25) is 0 Å². The molecule has 0 aliphatic carbocycles. The van der Waals surface area contributed by atoms with Crippen molar-refractivity contribution in [2.45, 2.75) is 33.1 Å². The number of hydrogen-bond acceptors (Lipinski definition) is 4. The Labute approximate surface area is 126 Å². The molecule has 0 amide bonds. The van der Waals surface area contributed by atoms with Gasteiger partial charge in [0.2, 0.25) is 0 Å². The molecule has 20 heavy (non-hydrogen) atoms. The first-order valence-electron chi connectivity index (χ1n) is 6.98. The molecule has 0 heterocycles. The van der Waals surface area contributed by atoms with Crippen LogP contribution in [0.5, 0.6) is 5.75 Å². The van der Waals surface area contributed by atoms with Crippen molar-refractivity contribution in [1.29, 1.82) is 0 Å². The average molecular weight is 302 g/mol. The number of halogens is 1. The summed E-state index contributed by atoms with van der Waals surface area (Å²) in [6, 6.07) is 5.65. The van der Waals surface area contributed by atoms with Crippen LogP contribution in [0.4, 0.5) is 0 Å². The maximum atomic E-state index is 6.18. The lowest BCUT2D eigenvalue weighted by atomic mass is 10.2. The summed E-state index contributed by atoms with van der Waals surface area (Å²) in [5.74, 6) is 0.802. The van der Waals surface area contributed by atoms with Gasteiger partial charge in [0.05, 0.1) is 7.11 Å². The Morgan fingerprint density at radius 3 is 2.50 bits per heavy atom. The average Bonchev–Trinajstić information content (AvgIpc) is 2.45. The Balaban J connectivity index is 2.40. The normalized spacial score (nSPS) is 11.1. The van der Waals surface area contributed by atoms with Gasteiger partial charge in [0.25, 0.3) is 0 Å². The molecular weight excluding hydrogens is 278 g/mol. The largest absolute Gasteiger partial charge is 0.496 e. The molecule has 0 aliphatic heterocycles. The third-order valence-electron chi connectivity index (χ3n) is 2.86. The minimum atomic E-state index is -0.148. The van der Waals surface area contributed by atoms with Gasteiger partial charge in [-0.1, -0.05) is 17.7 Å². The van der Waals surface area contributed by atoms with Crippen molar-refractivity contribution in [3.8, 4) is 5.75 Å². The molecule has 0 spiro atoms. The molecule has 0 saturated heterocycles. The quantitative estimate of drug-likeness (QED) is 0.532. The lowest BCUT2D eigenvalue weighted by Crippen LogP contribution is -2.24. The SMILES string of the molecule is CCOC(CCNCc1c(Cl)cccc1OC)OCC. The Hall–Kier alpha value is -0.810. The number of hydrogen-bond donors (Lipinski definition) is 1. The topological polar surface area (TPSA) is 39.7 Å². The fraction of sp³-hybridized carbons (Fsp3) is 0.600. The minimum Gasteiger partial charge on any atom is -0.496 e. The van der Waals surface area contributed by atoms with Gasteiger partial charge in [-0.15, -0.1) is 0 Å². The fourth-order valence-electron chi connectivity index (χ4n) is 1.92. The van der Waals surface area contributed by atoms with E-state index < -0.39 is 0 Å². The number of benzene rings is 1. The third kappa shape index (κ3) is 5.67. The van der Waals surface area contributed by atoms with Crippen LogP contribution in [-0.4, -0.2) is 33.2 Å². The highest BCUT2D eigenvalue weighted by molar-refractivity contribution is 6.31. The van der Waals surface area contributed by atoms with Crippen LogP contribution in [0, 0.1) is 0 Å². The summed E-state index contributed by atoms with van der Waals surface area (Å²) < 4.78 is 16.3. The molecule has 0 bridgehead atoms. The van der Waals surface area contributed by atoms with Gasteiger partial charge in [0, 0.05) is 43.3 Å². The van der Waals surface area contributed by atoms with Crippen LogP contribution < -0.4 is 10.1 Å². The predicted molar refractivity (Wildman–Crippen MR) is 81.4 cm³/mol. The van der Waals surface area contributed by atoms with E-state index in [-0.39, 0.29) is 6.29 Å². The molecule has 114 valence electrons. The van der Waals surface area contributed by atoms with Crippen molar-refractivity contribution in [3.05, 3.63) is 28.8 Å². The van der Waals surface area contributed by atoms with Crippen molar-refractivity contribution in [2.24, 2.45) is 0 Å². The Morgan fingerprint density at radius 1 is 1.20 bits per heavy atom. The first kappa shape index (κ1) is 17.2. The summed E-state index contributed by atoms with van der Waals surface area (Å²) >= 11 is 6.18. The van der Waals surface area contributed by atoms with Crippen molar-refractivity contribution in [2.75, 3.05) is 26.9 Å². The first-order valence-corrected chi connectivity index (χ1v) is 7.36. The summed E-state index contributed by atoms with van der Waals surface area (Å²) in [5.41, 5.74) is 0.973. The highest BCUT2D eigenvalue weighted by Gasteiger charge is 2.09. The van der Waals surface area contributed by atoms with Crippen molar-refractivity contribution in [1.82, 2.24) is 5.32 Å². The summed E-state index contributed by atoms with van der Waals surface area (Å²) in [4.78, 5) is 0. The molecule has 5 heteroatoms.